The highest BCUT2D eigenvalue weighted by atomic mass is 32.2. The molecule has 1 aliphatic heterocycles. The Morgan fingerprint density at radius 3 is 2.71 bits per heavy atom. The molecule has 1 aliphatic rings. The Balaban J connectivity index is 1.94. The molecule has 134 valence electrons. The summed E-state index contributed by atoms with van der Waals surface area (Å²) in [6.07, 6.45) is 0.572. The van der Waals surface area contributed by atoms with E-state index < -0.39 is 21.7 Å². The molecule has 9 heteroatoms. The molecule has 0 aromatic carbocycles. The summed E-state index contributed by atoms with van der Waals surface area (Å²) in [6, 6.07) is 2.92. The van der Waals surface area contributed by atoms with Crippen molar-refractivity contribution in [3.8, 4) is 0 Å². The van der Waals surface area contributed by atoms with Gasteiger partial charge in [-0.2, -0.15) is 0 Å². The van der Waals surface area contributed by atoms with Crippen LogP contribution in [0.2, 0.25) is 0 Å². The van der Waals surface area contributed by atoms with Crippen molar-refractivity contribution >= 4 is 33.2 Å². The van der Waals surface area contributed by atoms with Crippen LogP contribution in [-0.2, 0) is 21.2 Å². The zero-order chi connectivity index (χ0) is 17.9. The van der Waals surface area contributed by atoms with Crippen LogP contribution in [0.25, 0.3) is 0 Å². The molecule has 1 fully saturated rings. The summed E-state index contributed by atoms with van der Waals surface area (Å²) < 4.78 is 23.9. The van der Waals surface area contributed by atoms with Gasteiger partial charge in [-0.25, -0.2) is 13.2 Å². The number of aliphatic carboxylic acids is 1. The van der Waals surface area contributed by atoms with Crippen LogP contribution in [0.1, 0.15) is 25.1 Å². The lowest BCUT2D eigenvalue weighted by Crippen LogP contribution is -2.49. The molecule has 0 saturated carbocycles. The van der Waals surface area contributed by atoms with E-state index in [9.17, 15) is 18.0 Å². The number of carbonyl (C=O) groups excluding carboxylic acids is 1. The summed E-state index contributed by atoms with van der Waals surface area (Å²) in [4.78, 5) is 25.7. The third-order valence-electron chi connectivity index (χ3n) is 4.03. The Morgan fingerprint density at radius 1 is 1.38 bits per heavy atom. The monoisotopic (exact) mass is 374 g/mol. The number of carboxylic acids is 1. The van der Waals surface area contributed by atoms with Crippen molar-refractivity contribution in [2.45, 2.75) is 31.0 Å². The number of rotatable bonds is 5. The van der Waals surface area contributed by atoms with Gasteiger partial charge >= 0.3 is 12.0 Å². The predicted octanol–water partition coefficient (Wildman–Crippen LogP) is 1.79. The van der Waals surface area contributed by atoms with Gasteiger partial charge in [-0.15, -0.1) is 11.3 Å². The molecule has 2 atom stereocenters. The van der Waals surface area contributed by atoms with Gasteiger partial charge in [0.1, 0.15) is 4.21 Å². The second-order valence-electron chi connectivity index (χ2n) is 6.06. The summed E-state index contributed by atoms with van der Waals surface area (Å²) in [6.45, 7) is 4.47. The Hall–Kier alpha value is -1.61. The van der Waals surface area contributed by atoms with Crippen LogP contribution < -0.4 is 5.32 Å². The lowest BCUT2D eigenvalue weighted by atomic mass is 9.91. The molecule has 2 N–H and O–H groups in total. The first-order valence-corrected chi connectivity index (χ1v) is 10.3. The number of hydrogen-bond donors (Lipinski definition) is 2. The van der Waals surface area contributed by atoms with E-state index in [1.165, 1.54) is 4.90 Å². The summed E-state index contributed by atoms with van der Waals surface area (Å²) in [5, 5.41) is 11.9. The third-order valence-corrected chi connectivity index (χ3v) is 7.43. The molecule has 1 aromatic heterocycles. The zero-order valence-electron chi connectivity index (χ0n) is 13.7. The molecule has 1 aromatic rings. The fraction of sp³-hybridized carbons (Fsp3) is 0.600. The highest BCUT2D eigenvalue weighted by molar-refractivity contribution is 7.93. The number of nitrogens with one attached hydrogen (secondary N) is 1. The van der Waals surface area contributed by atoms with Crippen LogP contribution in [-0.4, -0.2) is 49.3 Å². The maximum Gasteiger partial charge on any atom is 0.317 e. The molecular weight excluding hydrogens is 352 g/mol. The fourth-order valence-corrected chi connectivity index (χ4v) is 5.15. The average Bonchev–Trinajstić information content (AvgIpc) is 3.01. The number of hydrogen-bond acceptors (Lipinski definition) is 5. The normalized spacial score (nSPS) is 21.5. The van der Waals surface area contributed by atoms with E-state index in [1.807, 2.05) is 6.92 Å². The van der Waals surface area contributed by atoms with Gasteiger partial charge in [0.2, 0.25) is 0 Å². The van der Waals surface area contributed by atoms with Gasteiger partial charge in [-0.05, 0) is 24.5 Å². The van der Waals surface area contributed by atoms with Crippen molar-refractivity contribution in [1.29, 1.82) is 0 Å². The van der Waals surface area contributed by atoms with E-state index in [4.69, 9.17) is 5.11 Å². The SMILES string of the molecule is CCS(=O)(=O)c1ccc(CNC(=O)N2CC(C)CC(C(=O)O)C2)s1. The maximum atomic E-state index is 12.3. The Morgan fingerprint density at radius 2 is 2.08 bits per heavy atom. The van der Waals surface area contributed by atoms with E-state index in [2.05, 4.69) is 5.32 Å². The minimum absolute atomic E-state index is 0.0432. The minimum atomic E-state index is -3.23. The summed E-state index contributed by atoms with van der Waals surface area (Å²) in [5.41, 5.74) is 0. The standard InChI is InChI=1S/C15H22N2O5S2/c1-3-24(21,22)13-5-4-12(23-13)7-16-15(20)17-8-10(2)6-11(9-17)14(18)19/h4-5,10-11H,3,6-9H2,1-2H3,(H,16,20)(H,18,19). The molecule has 0 spiro atoms. The zero-order valence-corrected chi connectivity index (χ0v) is 15.3. The summed E-state index contributed by atoms with van der Waals surface area (Å²) in [7, 11) is -3.23. The number of amides is 2. The molecule has 24 heavy (non-hydrogen) atoms. The maximum absolute atomic E-state index is 12.3. The number of nitrogens with zero attached hydrogens (tertiary/aromatic N) is 1. The first-order chi connectivity index (χ1) is 11.2. The van der Waals surface area contributed by atoms with Crippen LogP contribution in [0.15, 0.2) is 16.3 Å². The first kappa shape index (κ1) is 18.7. The van der Waals surface area contributed by atoms with E-state index in [0.717, 1.165) is 16.2 Å². The number of piperidine rings is 1. The Labute approximate surface area is 145 Å². The van der Waals surface area contributed by atoms with Crippen LogP contribution in [0.5, 0.6) is 0 Å². The average molecular weight is 374 g/mol. The number of carboxylic acid groups (broad SMARTS) is 1. The van der Waals surface area contributed by atoms with Crippen LogP contribution in [0, 0.1) is 11.8 Å². The molecule has 2 amide bonds. The number of carbonyl (C=O) groups is 2. The van der Waals surface area contributed by atoms with Gasteiger partial charge in [0, 0.05) is 18.0 Å². The van der Waals surface area contributed by atoms with Gasteiger partial charge in [-0.1, -0.05) is 13.8 Å². The van der Waals surface area contributed by atoms with Crippen molar-refractivity contribution in [1.82, 2.24) is 10.2 Å². The van der Waals surface area contributed by atoms with Crippen molar-refractivity contribution in [2.75, 3.05) is 18.8 Å². The van der Waals surface area contributed by atoms with Crippen LogP contribution in [0.4, 0.5) is 4.79 Å². The molecule has 1 saturated heterocycles. The Kier molecular flexibility index (Phi) is 5.87. The highest BCUT2D eigenvalue weighted by Crippen LogP contribution is 2.24. The van der Waals surface area contributed by atoms with E-state index in [1.54, 1.807) is 19.1 Å². The van der Waals surface area contributed by atoms with Crippen molar-refractivity contribution in [3.63, 3.8) is 0 Å². The fourth-order valence-electron chi connectivity index (χ4n) is 2.73. The third kappa shape index (κ3) is 4.47. The van der Waals surface area contributed by atoms with Gasteiger partial charge in [0.25, 0.3) is 0 Å². The second-order valence-corrected chi connectivity index (χ2v) is 9.74. The predicted molar refractivity (Wildman–Crippen MR) is 90.8 cm³/mol. The lowest BCUT2D eigenvalue weighted by molar-refractivity contribution is -0.143. The Bertz CT molecular complexity index is 713. The molecule has 0 bridgehead atoms. The van der Waals surface area contributed by atoms with Gasteiger partial charge in [-0.3, -0.25) is 4.79 Å². The van der Waals surface area contributed by atoms with Gasteiger partial charge in [0.15, 0.2) is 9.84 Å². The lowest BCUT2D eigenvalue weighted by Gasteiger charge is -2.34. The molecule has 2 rings (SSSR count). The molecular formula is C15H22N2O5S2. The van der Waals surface area contributed by atoms with Crippen molar-refractivity contribution < 1.29 is 23.1 Å². The van der Waals surface area contributed by atoms with Gasteiger partial charge < -0.3 is 15.3 Å². The van der Waals surface area contributed by atoms with E-state index >= 15 is 0 Å². The number of sulfone groups is 1. The number of urea groups is 1. The van der Waals surface area contributed by atoms with Crippen molar-refractivity contribution in [2.24, 2.45) is 11.8 Å². The highest BCUT2D eigenvalue weighted by Gasteiger charge is 2.31. The molecule has 0 radical (unpaired) electrons. The van der Waals surface area contributed by atoms with Crippen molar-refractivity contribution in [3.05, 3.63) is 17.0 Å². The van der Waals surface area contributed by atoms with E-state index in [-0.39, 0.29) is 30.8 Å². The molecule has 0 aliphatic carbocycles. The molecule has 2 unspecified atom stereocenters. The number of likely N-dealkylation sites (tertiary alicyclic amines) is 1. The molecule has 7 nitrogen and oxygen atoms in total. The topological polar surface area (TPSA) is 104 Å². The van der Waals surface area contributed by atoms with E-state index in [0.29, 0.717) is 17.2 Å². The first-order valence-electron chi connectivity index (χ1n) is 7.80. The van der Waals surface area contributed by atoms with Crippen LogP contribution in [0.3, 0.4) is 0 Å². The number of thiophene rings is 1. The smallest absolute Gasteiger partial charge is 0.317 e. The largest absolute Gasteiger partial charge is 0.481 e. The second kappa shape index (κ2) is 7.52. The minimum Gasteiger partial charge on any atom is -0.481 e. The summed E-state index contributed by atoms with van der Waals surface area (Å²) >= 11 is 1.14. The van der Waals surface area contributed by atoms with Gasteiger partial charge in [0.05, 0.1) is 18.2 Å². The quantitative estimate of drug-likeness (QED) is 0.818. The summed E-state index contributed by atoms with van der Waals surface area (Å²) in [5.74, 6) is -1.25. The molecule has 2 heterocycles. The van der Waals surface area contributed by atoms with Crippen LogP contribution >= 0.6 is 11.3 Å².